The zero-order valence-corrected chi connectivity index (χ0v) is 17.2. The smallest absolute Gasteiger partial charge is 0.339 e. The van der Waals surface area contributed by atoms with Crippen molar-refractivity contribution < 1.29 is 30.0 Å². The fourth-order valence-electron chi connectivity index (χ4n) is 3.40. The van der Waals surface area contributed by atoms with E-state index in [-0.39, 0.29) is 40.9 Å². The molecule has 156 valence electrons. The maximum atomic E-state index is 11.6. The van der Waals surface area contributed by atoms with Crippen LogP contribution in [0.1, 0.15) is 95.3 Å². The highest BCUT2D eigenvalue weighted by atomic mass is 16.4. The van der Waals surface area contributed by atoms with Gasteiger partial charge >= 0.3 is 11.9 Å². The number of hydrogen-bond acceptors (Lipinski definition) is 4. The molecule has 0 aromatic heterocycles. The monoisotopic (exact) mass is 400 g/mol. The fraction of sp³-hybridized carbons (Fsp3) is 0.391. The number of rotatable bonds is 8. The lowest BCUT2D eigenvalue weighted by molar-refractivity contribution is 0.0682. The van der Waals surface area contributed by atoms with Gasteiger partial charge in [0, 0.05) is 0 Å². The van der Waals surface area contributed by atoms with Crippen LogP contribution in [0.3, 0.4) is 0 Å². The molecule has 0 aliphatic heterocycles. The first-order chi connectivity index (χ1) is 13.6. The van der Waals surface area contributed by atoms with Crippen molar-refractivity contribution in [3.05, 3.63) is 57.6 Å². The maximum absolute atomic E-state index is 11.6. The molecule has 2 rings (SSSR count). The van der Waals surface area contributed by atoms with E-state index in [9.17, 15) is 30.0 Å². The molecule has 2 aromatic carbocycles. The number of carboxylic acids is 2. The summed E-state index contributed by atoms with van der Waals surface area (Å²) in [7, 11) is 0. The van der Waals surface area contributed by atoms with Crippen LogP contribution in [0.25, 0.3) is 0 Å². The van der Waals surface area contributed by atoms with Gasteiger partial charge in [-0.15, -0.1) is 0 Å². The standard InChI is InChI=1S/C23H28O6/c1-5-12(3)16-8-14(10-18(20(16)24)22(26)27)7-15-9-17(13(4)6-2)21(25)19(11-15)23(28)29/h8-13,24-25H,5-7H2,1-4H3,(H,26,27)(H,28,29). The molecule has 29 heavy (non-hydrogen) atoms. The molecule has 0 aliphatic rings. The molecule has 0 heterocycles. The number of carbonyl (C=O) groups is 2. The first kappa shape index (κ1) is 22.3. The Morgan fingerprint density at radius 1 is 0.759 bits per heavy atom. The maximum Gasteiger partial charge on any atom is 0.339 e. The number of phenols is 2. The van der Waals surface area contributed by atoms with Crippen LogP contribution in [-0.2, 0) is 6.42 Å². The van der Waals surface area contributed by atoms with E-state index < -0.39 is 11.9 Å². The molecule has 0 amide bonds. The zero-order chi connectivity index (χ0) is 21.9. The van der Waals surface area contributed by atoms with Gasteiger partial charge in [-0.2, -0.15) is 0 Å². The van der Waals surface area contributed by atoms with Gasteiger partial charge in [-0.05, 0) is 65.5 Å². The largest absolute Gasteiger partial charge is 0.507 e. The summed E-state index contributed by atoms with van der Waals surface area (Å²) >= 11 is 0. The molecule has 2 atom stereocenters. The van der Waals surface area contributed by atoms with E-state index in [2.05, 4.69) is 0 Å². The summed E-state index contributed by atoms with van der Waals surface area (Å²) in [5.41, 5.74) is 2.10. The van der Waals surface area contributed by atoms with Crippen LogP contribution in [0.5, 0.6) is 11.5 Å². The van der Waals surface area contributed by atoms with Crippen LogP contribution >= 0.6 is 0 Å². The number of carboxylic acid groups (broad SMARTS) is 2. The van der Waals surface area contributed by atoms with Crippen molar-refractivity contribution in [1.82, 2.24) is 0 Å². The minimum absolute atomic E-state index is 0.0295. The molecule has 0 bridgehead atoms. The van der Waals surface area contributed by atoms with Gasteiger partial charge in [-0.3, -0.25) is 0 Å². The van der Waals surface area contributed by atoms with Gasteiger partial charge in [0.1, 0.15) is 22.6 Å². The second-order valence-corrected chi connectivity index (χ2v) is 7.57. The number of aromatic hydroxyl groups is 2. The lowest BCUT2D eigenvalue weighted by Crippen LogP contribution is -2.06. The Kier molecular flexibility index (Phi) is 6.90. The third-order valence-electron chi connectivity index (χ3n) is 5.55. The normalized spacial score (nSPS) is 13.1. The van der Waals surface area contributed by atoms with Crippen LogP contribution in [-0.4, -0.2) is 32.4 Å². The Bertz CT molecular complexity index is 856. The molecular weight excluding hydrogens is 372 g/mol. The first-order valence-corrected chi connectivity index (χ1v) is 9.78. The quantitative estimate of drug-likeness (QED) is 0.489. The molecule has 2 unspecified atom stereocenters. The molecule has 0 fully saturated rings. The summed E-state index contributed by atoms with van der Waals surface area (Å²) < 4.78 is 0. The third-order valence-corrected chi connectivity index (χ3v) is 5.55. The van der Waals surface area contributed by atoms with E-state index in [1.807, 2.05) is 27.7 Å². The van der Waals surface area contributed by atoms with Crippen molar-refractivity contribution in [2.45, 2.75) is 58.8 Å². The average molecular weight is 400 g/mol. The van der Waals surface area contributed by atoms with Gasteiger partial charge in [0.15, 0.2) is 0 Å². The predicted molar refractivity (Wildman–Crippen MR) is 110 cm³/mol. The molecule has 4 N–H and O–H groups in total. The first-order valence-electron chi connectivity index (χ1n) is 9.78. The number of aromatic carboxylic acids is 2. The highest BCUT2D eigenvalue weighted by Crippen LogP contribution is 2.35. The van der Waals surface area contributed by atoms with E-state index in [4.69, 9.17) is 0 Å². The zero-order valence-electron chi connectivity index (χ0n) is 17.2. The van der Waals surface area contributed by atoms with Crippen LogP contribution < -0.4 is 0 Å². The summed E-state index contributed by atoms with van der Waals surface area (Å²) in [6, 6.07) is 6.37. The lowest BCUT2D eigenvalue weighted by Gasteiger charge is -2.18. The van der Waals surface area contributed by atoms with Gasteiger partial charge in [0.05, 0.1) is 0 Å². The van der Waals surface area contributed by atoms with Crippen molar-refractivity contribution in [1.29, 1.82) is 0 Å². The fourth-order valence-corrected chi connectivity index (χ4v) is 3.40. The number of hydrogen-bond donors (Lipinski definition) is 4. The van der Waals surface area contributed by atoms with E-state index in [0.717, 1.165) is 12.8 Å². The molecule has 6 heteroatoms. The SMILES string of the molecule is CCC(C)c1cc(Cc2cc(C(=O)O)c(O)c(C(C)CC)c2)cc(C(=O)O)c1O. The van der Waals surface area contributed by atoms with Crippen molar-refractivity contribution in [3.63, 3.8) is 0 Å². The van der Waals surface area contributed by atoms with E-state index in [1.54, 1.807) is 12.1 Å². The van der Waals surface area contributed by atoms with E-state index >= 15 is 0 Å². The van der Waals surface area contributed by atoms with Crippen LogP contribution in [0.2, 0.25) is 0 Å². The Morgan fingerprint density at radius 2 is 1.10 bits per heavy atom. The van der Waals surface area contributed by atoms with Crippen LogP contribution in [0, 0.1) is 0 Å². The van der Waals surface area contributed by atoms with Crippen LogP contribution in [0.15, 0.2) is 24.3 Å². The molecule has 0 radical (unpaired) electrons. The third kappa shape index (κ3) is 4.70. The summed E-state index contributed by atoms with van der Waals surface area (Å²) in [5, 5.41) is 39.7. The summed E-state index contributed by atoms with van der Waals surface area (Å²) in [6.07, 6.45) is 1.75. The molecule has 0 saturated carbocycles. The van der Waals surface area contributed by atoms with E-state index in [1.165, 1.54) is 12.1 Å². The minimum atomic E-state index is -1.22. The minimum Gasteiger partial charge on any atom is -0.507 e. The highest BCUT2D eigenvalue weighted by molar-refractivity contribution is 5.92. The Balaban J connectivity index is 2.61. The highest BCUT2D eigenvalue weighted by Gasteiger charge is 2.21. The predicted octanol–water partition coefficient (Wildman–Crippen LogP) is 5.11. The lowest BCUT2D eigenvalue weighted by atomic mass is 9.89. The Labute approximate surface area is 170 Å². The van der Waals surface area contributed by atoms with Crippen molar-refractivity contribution in [2.24, 2.45) is 0 Å². The second-order valence-electron chi connectivity index (χ2n) is 7.57. The van der Waals surface area contributed by atoms with Crippen molar-refractivity contribution in [2.75, 3.05) is 0 Å². The van der Waals surface area contributed by atoms with Gasteiger partial charge in [0.25, 0.3) is 0 Å². The molecular formula is C23H28O6. The van der Waals surface area contributed by atoms with Gasteiger partial charge in [-0.25, -0.2) is 9.59 Å². The Hall–Kier alpha value is -3.02. The molecule has 6 nitrogen and oxygen atoms in total. The van der Waals surface area contributed by atoms with Gasteiger partial charge in [-0.1, -0.05) is 39.8 Å². The molecule has 2 aromatic rings. The number of benzene rings is 2. The Morgan fingerprint density at radius 3 is 1.38 bits per heavy atom. The second kappa shape index (κ2) is 8.99. The molecule has 0 aliphatic carbocycles. The van der Waals surface area contributed by atoms with E-state index in [0.29, 0.717) is 22.3 Å². The van der Waals surface area contributed by atoms with Crippen LogP contribution in [0.4, 0.5) is 0 Å². The van der Waals surface area contributed by atoms with Gasteiger partial charge in [0.2, 0.25) is 0 Å². The average Bonchev–Trinajstić information content (AvgIpc) is 2.68. The van der Waals surface area contributed by atoms with Crippen molar-refractivity contribution in [3.8, 4) is 11.5 Å². The van der Waals surface area contributed by atoms with Gasteiger partial charge < -0.3 is 20.4 Å². The molecule has 0 saturated heterocycles. The summed E-state index contributed by atoms with van der Waals surface area (Å²) in [5.74, 6) is -2.95. The topological polar surface area (TPSA) is 115 Å². The summed E-state index contributed by atoms with van der Waals surface area (Å²) in [4.78, 5) is 23.2. The molecule has 0 spiro atoms. The van der Waals surface area contributed by atoms with Crippen molar-refractivity contribution >= 4 is 11.9 Å². The summed E-state index contributed by atoms with van der Waals surface area (Å²) in [6.45, 7) is 7.73.